The van der Waals surface area contributed by atoms with Crippen molar-refractivity contribution in [3.63, 3.8) is 0 Å². The lowest BCUT2D eigenvalue weighted by Gasteiger charge is -2.24. The van der Waals surface area contributed by atoms with Gasteiger partial charge in [-0.1, -0.05) is 23.5 Å². The molecule has 0 aliphatic carbocycles. The first-order valence-corrected chi connectivity index (χ1v) is 12.1. The van der Waals surface area contributed by atoms with E-state index >= 15 is 0 Å². The van der Waals surface area contributed by atoms with Gasteiger partial charge < -0.3 is 9.84 Å². The van der Waals surface area contributed by atoms with Crippen molar-refractivity contribution in [2.45, 2.75) is 19.9 Å². The lowest BCUT2D eigenvalue weighted by molar-refractivity contribution is -0.386. The minimum atomic E-state index is -0.901. The van der Waals surface area contributed by atoms with Gasteiger partial charge in [0.25, 0.3) is 5.56 Å². The van der Waals surface area contributed by atoms with Crippen LogP contribution in [0, 0.1) is 19.5 Å². The molecule has 0 amide bonds. The van der Waals surface area contributed by atoms with Crippen molar-refractivity contribution in [2.75, 3.05) is 6.61 Å². The third kappa shape index (κ3) is 4.62. The van der Waals surface area contributed by atoms with Gasteiger partial charge in [-0.05, 0) is 71.8 Å². The highest BCUT2D eigenvalue weighted by Crippen LogP contribution is 2.33. The van der Waals surface area contributed by atoms with Gasteiger partial charge in [-0.25, -0.2) is 14.2 Å². The van der Waals surface area contributed by atoms with Crippen LogP contribution in [-0.2, 0) is 9.53 Å². The summed E-state index contributed by atoms with van der Waals surface area (Å²) in [5, 5.41) is 21.3. The number of nitro groups is 1. The molecule has 1 aliphatic heterocycles. The van der Waals surface area contributed by atoms with Gasteiger partial charge in [0, 0.05) is 6.07 Å². The summed E-state index contributed by atoms with van der Waals surface area (Å²) >= 11 is 2.82. The maximum atomic E-state index is 13.6. The Labute approximate surface area is 214 Å². The number of aromatic nitrogens is 1. The minimum absolute atomic E-state index is 0.119. The summed E-state index contributed by atoms with van der Waals surface area (Å²) < 4.78 is 20.6. The fourth-order valence-electron chi connectivity index (χ4n) is 3.73. The first-order chi connectivity index (χ1) is 16.6. The number of nitro benzene ring substituents is 1. The van der Waals surface area contributed by atoms with E-state index in [2.05, 4.69) is 4.99 Å². The second-order valence-electron chi connectivity index (χ2n) is 7.48. The number of carbonyl (C=O) groups is 1. The molecule has 9 nitrogen and oxygen atoms in total. The molecule has 0 fully saturated rings. The molecule has 35 heavy (non-hydrogen) atoms. The van der Waals surface area contributed by atoms with Crippen LogP contribution < -0.4 is 14.9 Å². The molecule has 4 rings (SSSR count). The molecule has 3 aromatic rings. The van der Waals surface area contributed by atoms with Gasteiger partial charge in [-0.2, -0.15) is 0 Å². The predicted molar refractivity (Wildman–Crippen MR) is 134 cm³/mol. The third-order valence-electron chi connectivity index (χ3n) is 5.26. The number of benzene rings is 2. The van der Waals surface area contributed by atoms with Crippen molar-refractivity contribution in [3.8, 4) is 5.75 Å². The van der Waals surface area contributed by atoms with Gasteiger partial charge in [0.15, 0.2) is 4.80 Å². The molecule has 0 saturated carbocycles. The van der Waals surface area contributed by atoms with Crippen molar-refractivity contribution in [3.05, 3.63) is 98.0 Å². The number of thiazole rings is 1. The summed E-state index contributed by atoms with van der Waals surface area (Å²) in [6, 6.07) is 7.22. The Balaban J connectivity index is 1.96. The number of carbonyl (C=O) groups excluding carboxylic acids is 1. The topological polar surface area (TPSA) is 124 Å². The van der Waals surface area contributed by atoms with E-state index in [4.69, 9.17) is 4.74 Å². The number of ether oxygens (including phenoxy) is 1. The van der Waals surface area contributed by atoms with Gasteiger partial charge in [0.05, 0.1) is 36.9 Å². The Morgan fingerprint density at radius 1 is 1.37 bits per heavy atom. The number of phenols is 1. The number of hydrogen-bond acceptors (Lipinski definition) is 8. The lowest BCUT2D eigenvalue weighted by Crippen LogP contribution is -2.39. The van der Waals surface area contributed by atoms with Crippen LogP contribution in [0.25, 0.3) is 6.08 Å². The zero-order chi connectivity index (χ0) is 25.4. The van der Waals surface area contributed by atoms with E-state index in [9.17, 15) is 29.2 Å². The Hall–Kier alpha value is -3.39. The Kier molecular flexibility index (Phi) is 6.85. The molecule has 0 spiro atoms. The molecule has 0 saturated heterocycles. The predicted octanol–water partition coefficient (Wildman–Crippen LogP) is 3.16. The quantitative estimate of drug-likeness (QED) is 0.205. The van der Waals surface area contributed by atoms with Crippen molar-refractivity contribution < 1.29 is 24.0 Å². The average molecular weight is 609 g/mol. The van der Waals surface area contributed by atoms with Crippen molar-refractivity contribution >= 4 is 51.7 Å². The molecule has 2 heterocycles. The summed E-state index contributed by atoms with van der Waals surface area (Å²) in [6.07, 6.45) is 1.46. The number of rotatable bonds is 5. The van der Waals surface area contributed by atoms with Crippen LogP contribution in [0.5, 0.6) is 5.75 Å². The smallest absolute Gasteiger partial charge is 0.338 e. The van der Waals surface area contributed by atoms with E-state index < -0.39 is 39.7 Å². The standard InChI is InChI=1S/C23H17FIN3O6S/c1-3-34-22(31)18-11(2)26-23-27(19(18)13-4-6-14(24)7-5-13)21(30)17(35-23)10-12-8-15(25)20(29)16(9-12)28(32)33/h4-10,19,29H,3H2,1-2H3/b17-10-/t19-/m0/s1. The van der Waals surface area contributed by atoms with Gasteiger partial charge >= 0.3 is 11.7 Å². The molecule has 1 atom stereocenters. The van der Waals surface area contributed by atoms with E-state index in [1.54, 1.807) is 36.4 Å². The lowest BCUT2D eigenvalue weighted by atomic mass is 9.96. The number of hydrogen-bond donors (Lipinski definition) is 1. The zero-order valence-electron chi connectivity index (χ0n) is 18.3. The second kappa shape index (κ2) is 9.70. The molecular weight excluding hydrogens is 592 g/mol. The molecule has 1 N–H and O–H groups in total. The monoisotopic (exact) mass is 609 g/mol. The first kappa shape index (κ1) is 24.7. The van der Waals surface area contributed by atoms with Crippen LogP contribution in [-0.4, -0.2) is 27.2 Å². The highest BCUT2D eigenvalue weighted by atomic mass is 127. The van der Waals surface area contributed by atoms with Crippen molar-refractivity contribution in [1.29, 1.82) is 0 Å². The molecule has 1 aromatic heterocycles. The minimum Gasteiger partial charge on any atom is -0.501 e. The van der Waals surface area contributed by atoms with Gasteiger partial charge in [0.2, 0.25) is 5.75 Å². The number of nitrogens with zero attached hydrogens (tertiary/aromatic N) is 3. The fourth-order valence-corrected chi connectivity index (χ4v) is 5.41. The zero-order valence-corrected chi connectivity index (χ0v) is 21.3. The molecule has 0 bridgehead atoms. The maximum Gasteiger partial charge on any atom is 0.338 e. The van der Waals surface area contributed by atoms with Gasteiger partial charge in [-0.3, -0.25) is 19.5 Å². The average Bonchev–Trinajstić information content (AvgIpc) is 3.10. The van der Waals surface area contributed by atoms with E-state index in [1.165, 1.54) is 47.0 Å². The number of aromatic hydroxyl groups is 1. The summed E-state index contributed by atoms with van der Waals surface area (Å²) in [4.78, 5) is 41.7. The molecule has 0 unspecified atom stereocenters. The van der Waals surface area contributed by atoms with E-state index in [0.29, 0.717) is 21.6 Å². The Morgan fingerprint density at radius 3 is 2.69 bits per heavy atom. The maximum absolute atomic E-state index is 13.6. The van der Waals surface area contributed by atoms with Crippen LogP contribution in [0.1, 0.15) is 31.0 Å². The van der Waals surface area contributed by atoms with Crippen LogP contribution >= 0.6 is 33.9 Å². The SMILES string of the molecule is CCOC(=O)C1=C(C)N=c2s/c(=C\c3cc(I)c(O)c([N+](=O)[O-])c3)c(=O)n2[C@H]1c1ccc(F)cc1. The normalized spacial score (nSPS) is 15.5. The van der Waals surface area contributed by atoms with E-state index in [0.717, 1.165) is 11.3 Å². The second-order valence-corrected chi connectivity index (χ2v) is 9.65. The molecule has 12 heteroatoms. The first-order valence-electron chi connectivity index (χ1n) is 10.2. The number of esters is 1. The molecule has 0 radical (unpaired) electrons. The number of phenolic OH excluding ortho intramolecular Hbond substituents is 1. The van der Waals surface area contributed by atoms with Crippen LogP contribution in [0.3, 0.4) is 0 Å². The molecular formula is C23H17FIN3O6S. The summed E-state index contributed by atoms with van der Waals surface area (Å²) in [7, 11) is 0. The Bertz CT molecular complexity index is 1580. The summed E-state index contributed by atoms with van der Waals surface area (Å²) in [5.74, 6) is -1.57. The van der Waals surface area contributed by atoms with Crippen molar-refractivity contribution in [2.24, 2.45) is 4.99 Å². The van der Waals surface area contributed by atoms with Crippen LogP contribution in [0.4, 0.5) is 10.1 Å². The van der Waals surface area contributed by atoms with Crippen molar-refractivity contribution in [1.82, 2.24) is 4.57 Å². The highest BCUT2D eigenvalue weighted by Gasteiger charge is 2.33. The van der Waals surface area contributed by atoms with E-state index in [-0.39, 0.29) is 20.3 Å². The molecule has 1 aliphatic rings. The van der Waals surface area contributed by atoms with Gasteiger partial charge in [0.1, 0.15) is 5.82 Å². The largest absolute Gasteiger partial charge is 0.501 e. The summed E-state index contributed by atoms with van der Waals surface area (Å²) in [5.41, 5.74) is 0.381. The van der Waals surface area contributed by atoms with Crippen LogP contribution in [0.15, 0.2) is 57.5 Å². The van der Waals surface area contributed by atoms with E-state index in [1.807, 2.05) is 0 Å². The fraction of sp³-hybridized carbons (Fsp3) is 0.174. The highest BCUT2D eigenvalue weighted by molar-refractivity contribution is 14.1. The summed E-state index contributed by atoms with van der Waals surface area (Å²) in [6.45, 7) is 3.41. The van der Waals surface area contributed by atoms with Gasteiger partial charge in [-0.15, -0.1) is 0 Å². The van der Waals surface area contributed by atoms with Crippen LogP contribution in [0.2, 0.25) is 0 Å². The number of halogens is 2. The third-order valence-corrected chi connectivity index (χ3v) is 7.07. The molecule has 180 valence electrons. The Morgan fingerprint density at radius 2 is 2.06 bits per heavy atom. The number of allylic oxidation sites excluding steroid dienone is 1. The number of fused-ring (bicyclic) bond motifs is 1. The molecule has 2 aromatic carbocycles.